The molecule has 1 saturated carbocycles. The van der Waals surface area contributed by atoms with Crippen molar-refractivity contribution in [3.8, 4) is 5.88 Å². The molecule has 0 N–H and O–H groups in total. The highest BCUT2D eigenvalue weighted by molar-refractivity contribution is 5.81. The molecule has 1 aliphatic carbocycles. The molecule has 2 aliphatic heterocycles. The molecule has 136 valence electrons. The monoisotopic (exact) mass is 356 g/mol. The van der Waals surface area contributed by atoms with E-state index >= 15 is 0 Å². The molecule has 0 spiro atoms. The number of pyridine rings is 1. The summed E-state index contributed by atoms with van der Waals surface area (Å²) >= 11 is 0. The van der Waals surface area contributed by atoms with Crippen LogP contribution in [0.3, 0.4) is 0 Å². The van der Waals surface area contributed by atoms with Crippen LogP contribution in [-0.4, -0.2) is 53.1 Å². The molecule has 2 saturated heterocycles. The van der Waals surface area contributed by atoms with Crippen LogP contribution in [0.25, 0.3) is 0 Å². The normalized spacial score (nSPS) is 31.3. The van der Waals surface area contributed by atoms with Gasteiger partial charge in [0.2, 0.25) is 11.8 Å². The number of carbonyl (C=O) groups is 1. The third-order valence-electron chi connectivity index (χ3n) is 5.19. The van der Waals surface area contributed by atoms with Crippen LogP contribution in [0.5, 0.6) is 5.88 Å². The highest BCUT2D eigenvalue weighted by Crippen LogP contribution is 2.44. The maximum absolute atomic E-state index is 13.8. The zero-order valence-electron chi connectivity index (χ0n) is 13.5. The summed E-state index contributed by atoms with van der Waals surface area (Å²) in [4.78, 5) is 18.1. The molecular weight excluding hydrogens is 337 g/mol. The van der Waals surface area contributed by atoms with Crippen molar-refractivity contribution in [3.05, 3.63) is 24.1 Å². The van der Waals surface area contributed by atoms with Gasteiger partial charge in [0, 0.05) is 31.6 Å². The molecule has 0 radical (unpaired) electrons. The van der Waals surface area contributed by atoms with E-state index in [9.17, 15) is 18.0 Å². The number of carbonyl (C=O) groups excluding carboxylic acids is 1. The van der Waals surface area contributed by atoms with Gasteiger partial charge < -0.3 is 14.4 Å². The van der Waals surface area contributed by atoms with E-state index < -0.39 is 36.6 Å². The highest BCUT2D eigenvalue weighted by atomic mass is 19.3. The fraction of sp³-hybridized carbons (Fsp3) is 0.647. The van der Waals surface area contributed by atoms with Crippen LogP contribution in [0.4, 0.5) is 13.2 Å². The molecule has 3 fully saturated rings. The molecule has 3 atom stereocenters. The van der Waals surface area contributed by atoms with E-state index in [2.05, 4.69) is 4.98 Å². The molecule has 0 bridgehead atoms. The van der Waals surface area contributed by atoms with Crippen LogP contribution in [0.1, 0.15) is 25.7 Å². The third-order valence-corrected chi connectivity index (χ3v) is 5.19. The fourth-order valence-corrected chi connectivity index (χ4v) is 3.94. The van der Waals surface area contributed by atoms with Gasteiger partial charge in [0.25, 0.3) is 5.88 Å². The van der Waals surface area contributed by atoms with Crippen molar-refractivity contribution in [1.29, 1.82) is 0 Å². The van der Waals surface area contributed by atoms with Gasteiger partial charge in [0.15, 0.2) is 5.82 Å². The maximum Gasteiger partial charge on any atom is 0.250 e. The maximum atomic E-state index is 13.8. The Morgan fingerprint density at radius 3 is 2.92 bits per heavy atom. The predicted octanol–water partition coefficient (Wildman–Crippen LogP) is 2.40. The third kappa shape index (κ3) is 3.07. The molecule has 1 aromatic heterocycles. The van der Waals surface area contributed by atoms with Crippen LogP contribution in [-0.2, 0) is 9.53 Å². The Morgan fingerprint density at radius 1 is 1.40 bits per heavy atom. The fourth-order valence-electron chi connectivity index (χ4n) is 3.94. The summed E-state index contributed by atoms with van der Waals surface area (Å²) in [6.45, 7) is 0.738. The number of ether oxygens (including phenoxy) is 2. The summed E-state index contributed by atoms with van der Waals surface area (Å²) < 4.78 is 51.5. The Balaban J connectivity index is 1.50. The zero-order chi connectivity index (χ0) is 17.6. The number of rotatable bonds is 3. The van der Waals surface area contributed by atoms with Crippen molar-refractivity contribution in [3.63, 3.8) is 0 Å². The summed E-state index contributed by atoms with van der Waals surface area (Å²) in [7, 11) is 0. The van der Waals surface area contributed by atoms with Gasteiger partial charge in [-0.1, -0.05) is 0 Å². The van der Waals surface area contributed by atoms with E-state index in [1.165, 1.54) is 18.3 Å². The number of amides is 1. The summed E-state index contributed by atoms with van der Waals surface area (Å²) in [5.74, 6) is -4.39. The van der Waals surface area contributed by atoms with Gasteiger partial charge >= 0.3 is 0 Å². The lowest BCUT2D eigenvalue weighted by Crippen LogP contribution is -2.50. The van der Waals surface area contributed by atoms with E-state index in [1.807, 2.05) is 0 Å². The minimum absolute atomic E-state index is 0.134. The molecular formula is C17H19F3N2O3. The number of nitrogens with zero attached hydrogens (tertiary/aromatic N) is 2. The summed E-state index contributed by atoms with van der Waals surface area (Å²) in [6, 6.07) is 2.49. The number of fused-ring (bicyclic) bond motifs is 1. The van der Waals surface area contributed by atoms with Crippen molar-refractivity contribution < 1.29 is 27.4 Å². The quantitative estimate of drug-likeness (QED) is 0.835. The molecule has 3 aliphatic rings. The van der Waals surface area contributed by atoms with Gasteiger partial charge in [-0.15, -0.1) is 0 Å². The number of aromatic nitrogens is 1. The van der Waals surface area contributed by atoms with E-state index in [4.69, 9.17) is 9.47 Å². The first kappa shape index (κ1) is 16.6. The van der Waals surface area contributed by atoms with Crippen LogP contribution in [0.2, 0.25) is 0 Å². The number of halogens is 3. The van der Waals surface area contributed by atoms with Gasteiger partial charge in [0.05, 0.1) is 12.6 Å². The first-order chi connectivity index (χ1) is 11.9. The minimum Gasteiger partial charge on any atom is -0.468 e. The molecule has 1 aromatic rings. The van der Waals surface area contributed by atoms with Gasteiger partial charge in [0.1, 0.15) is 12.2 Å². The standard InChI is InChI=1S/C17H19F3N2O3/c18-11-3-1-5-21-15(11)25-13-9-22(12-4-2-6-24-14(12)13)16(23)10-7-17(19,20)8-10/h1,3,5,10,12-14H,2,4,6-9H2/t12-,13+,14+/m1/s1. The molecule has 0 aromatic carbocycles. The van der Waals surface area contributed by atoms with E-state index in [0.717, 1.165) is 12.8 Å². The van der Waals surface area contributed by atoms with Gasteiger partial charge in [-0.05, 0) is 25.0 Å². The Hall–Kier alpha value is -1.83. The summed E-state index contributed by atoms with van der Waals surface area (Å²) in [5, 5.41) is 0. The number of alkyl halides is 2. The SMILES string of the molecule is O=C(C1CC(F)(F)C1)N1C[C@H](Oc2ncccc2F)[C@H]2OCCC[C@H]21. The number of likely N-dealkylation sites (tertiary alicyclic amines) is 1. The summed E-state index contributed by atoms with van der Waals surface area (Å²) in [6.07, 6.45) is 1.19. The Labute approximate surface area is 143 Å². The second-order valence-electron chi connectivity index (χ2n) is 6.94. The molecule has 4 rings (SSSR count). The molecule has 5 nitrogen and oxygen atoms in total. The summed E-state index contributed by atoms with van der Waals surface area (Å²) in [5.41, 5.74) is 0. The lowest BCUT2D eigenvalue weighted by molar-refractivity contribution is -0.162. The molecule has 8 heteroatoms. The first-order valence-electron chi connectivity index (χ1n) is 8.52. The van der Waals surface area contributed by atoms with Crippen molar-refractivity contribution in [1.82, 2.24) is 9.88 Å². The Morgan fingerprint density at radius 2 is 2.20 bits per heavy atom. The highest BCUT2D eigenvalue weighted by Gasteiger charge is 2.54. The predicted molar refractivity (Wildman–Crippen MR) is 80.8 cm³/mol. The largest absolute Gasteiger partial charge is 0.468 e. The van der Waals surface area contributed by atoms with Crippen LogP contribution in [0, 0.1) is 11.7 Å². The van der Waals surface area contributed by atoms with Crippen molar-refractivity contribution >= 4 is 5.91 Å². The number of hydrogen-bond donors (Lipinski definition) is 0. The topological polar surface area (TPSA) is 51.7 Å². The smallest absolute Gasteiger partial charge is 0.250 e. The van der Waals surface area contributed by atoms with E-state index in [0.29, 0.717) is 6.61 Å². The molecule has 3 heterocycles. The Kier molecular flexibility index (Phi) is 4.10. The Bertz CT molecular complexity index is 664. The number of hydrogen-bond acceptors (Lipinski definition) is 4. The molecule has 0 unspecified atom stereocenters. The minimum atomic E-state index is -2.74. The second-order valence-corrected chi connectivity index (χ2v) is 6.94. The van der Waals surface area contributed by atoms with Crippen molar-refractivity contribution in [2.75, 3.05) is 13.2 Å². The van der Waals surface area contributed by atoms with E-state index in [1.54, 1.807) is 4.90 Å². The van der Waals surface area contributed by atoms with Crippen LogP contribution < -0.4 is 4.74 Å². The molecule has 25 heavy (non-hydrogen) atoms. The first-order valence-corrected chi connectivity index (χ1v) is 8.52. The van der Waals surface area contributed by atoms with Gasteiger partial charge in [-0.25, -0.2) is 18.2 Å². The van der Waals surface area contributed by atoms with Gasteiger partial charge in [-0.3, -0.25) is 4.79 Å². The lowest BCUT2D eigenvalue weighted by Gasteiger charge is -2.39. The lowest BCUT2D eigenvalue weighted by atomic mass is 9.80. The average Bonchev–Trinajstić information content (AvgIpc) is 2.93. The van der Waals surface area contributed by atoms with Crippen molar-refractivity contribution in [2.24, 2.45) is 5.92 Å². The van der Waals surface area contributed by atoms with Gasteiger partial charge in [-0.2, -0.15) is 0 Å². The van der Waals surface area contributed by atoms with Crippen molar-refractivity contribution in [2.45, 2.75) is 49.9 Å². The van der Waals surface area contributed by atoms with Crippen LogP contribution in [0.15, 0.2) is 18.3 Å². The van der Waals surface area contributed by atoms with Crippen LogP contribution >= 0.6 is 0 Å². The van der Waals surface area contributed by atoms with E-state index in [-0.39, 0.29) is 30.5 Å². The average molecular weight is 356 g/mol. The second kappa shape index (κ2) is 6.16. The molecule has 1 amide bonds. The zero-order valence-corrected chi connectivity index (χ0v) is 13.5.